The lowest BCUT2D eigenvalue weighted by atomic mass is 9.87. The van der Waals surface area contributed by atoms with Gasteiger partial charge in [0.2, 0.25) is 0 Å². The third-order valence-corrected chi connectivity index (χ3v) is 9.89. The summed E-state index contributed by atoms with van der Waals surface area (Å²) in [7, 11) is 0. The Morgan fingerprint density at radius 2 is 1.14 bits per heavy atom. The minimum atomic E-state index is 0.657. The maximum Gasteiger partial charge on any atom is 0.0991 e. The van der Waals surface area contributed by atoms with Crippen molar-refractivity contribution < 1.29 is 0 Å². The highest BCUT2D eigenvalue weighted by Gasteiger charge is 2.18. The number of hydrogen-bond donors (Lipinski definition) is 0. The first-order chi connectivity index (χ1) is 24.2. The summed E-state index contributed by atoms with van der Waals surface area (Å²) in [5.41, 5.74) is 10.3. The van der Waals surface area contributed by atoms with Crippen LogP contribution in [0.2, 0.25) is 0 Å². The van der Waals surface area contributed by atoms with Crippen LogP contribution >= 0.6 is 0 Å². The molecule has 7 aromatic carbocycles. The number of fused-ring (bicyclic) bond motifs is 3. The number of aromatic nitrogens is 3. The fourth-order valence-electron chi connectivity index (χ4n) is 7.66. The SMILES string of the molecule is N#Cc1ccc2c(c1)c1cc(-c3ccc4ccc5c(-c6cccc(-c7ccncc7)n6)ccc6ccc3c4c65)ccc1n2-c1ccccc1. The second kappa shape index (κ2) is 10.6. The number of nitriles is 1. The number of nitrogens with zero attached hydrogens (tertiary/aromatic N) is 4. The van der Waals surface area contributed by atoms with Gasteiger partial charge in [-0.05, 0) is 110 Å². The second-order valence-corrected chi connectivity index (χ2v) is 12.5. The van der Waals surface area contributed by atoms with E-state index in [1.54, 1.807) is 12.4 Å². The third-order valence-electron chi connectivity index (χ3n) is 9.89. The number of rotatable bonds is 4. The second-order valence-electron chi connectivity index (χ2n) is 12.5. The molecule has 0 amide bonds. The Balaban J connectivity index is 1.19. The predicted octanol–water partition coefficient (Wildman–Crippen LogP) is 11.3. The summed E-state index contributed by atoms with van der Waals surface area (Å²) in [5.74, 6) is 0. The molecule has 4 heteroatoms. The van der Waals surface area contributed by atoms with Crippen LogP contribution in [0.5, 0.6) is 0 Å². The highest BCUT2D eigenvalue weighted by Crippen LogP contribution is 2.43. The quantitative estimate of drug-likeness (QED) is 0.184. The highest BCUT2D eigenvalue weighted by atomic mass is 15.0. The van der Waals surface area contributed by atoms with E-state index >= 15 is 0 Å². The normalized spacial score (nSPS) is 11.7. The van der Waals surface area contributed by atoms with Gasteiger partial charge >= 0.3 is 0 Å². The van der Waals surface area contributed by atoms with Crippen LogP contribution in [0.15, 0.2) is 158 Å². The van der Waals surface area contributed by atoms with Gasteiger partial charge in [-0.2, -0.15) is 5.26 Å². The van der Waals surface area contributed by atoms with Gasteiger partial charge in [0.15, 0.2) is 0 Å². The van der Waals surface area contributed by atoms with Crippen molar-refractivity contribution >= 4 is 54.1 Å². The van der Waals surface area contributed by atoms with Gasteiger partial charge < -0.3 is 4.57 Å². The average Bonchev–Trinajstić information content (AvgIpc) is 3.50. The summed E-state index contributed by atoms with van der Waals surface area (Å²) in [5, 5.41) is 19.3. The number of para-hydroxylation sites is 1. The average molecular weight is 623 g/mol. The molecule has 0 saturated heterocycles. The van der Waals surface area contributed by atoms with Gasteiger partial charge in [-0.1, -0.05) is 78.9 Å². The van der Waals surface area contributed by atoms with Crippen molar-refractivity contribution in [2.45, 2.75) is 0 Å². The predicted molar refractivity (Wildman–Crippen MR) is 201 cm³/mol. The summed E-state index contributed by atoms with van der Waals surface area (Å²) < 4.78 is 2.29. The molecule has 3 aromatic heterocycles. The van der Waals surface area contributed by atoms with Crippen LogP contribution in [-0.2, 0) is 0 Å². The van der Waals surface area contributed by atoms with Gasteiger partial charge in [0, 0.05) is 40.0 Å². The van der Waals surface area contributed by atoms with E-state index in [9.17, 15) is 5.26 Å². The van der Waals surface area contributed by atoms with E-state index < -0.39 is 0 Å². The fraction of sp³-hybridized carbons (Fsp3) is 0. The zero-order chi connectivity index (χ0) is 32.5. The molecule has 0 radical (unpaired) electrons. The first-order valence-electron chi connectivity index (χ1n) is 16.4. The van der Waals surface area contributed by atoms with Crippen molar-refractivity contribution in [2.24, 2.45) is 0 Å². The third kappa shape index (κ3) is 4.16. The van der Waals surface area contributed by atoms with Gasteiger partial charge in [0.05, 0.1) is 34.1 Å². The Kier molecular flexibility index (Phi) is 5.90. The Morgan fingerprint density at radius 3 is 1.90 bits per heavy atom. The molecular weight excluding hydrogens is 597 g/mol. The maximum absolute atomic E-state index is 9.77. The van der Waals surface area contributed by atoms with Crippen molar-refractivity contribution in [3.63, 3.8) is 0 Å². The Morgan fingerprint density at radius 1 is 0.490 bits per heavy atom. The molecule has 10 aromatic rings. The molecule has 10 rings (SSSR count). The smallest absolute Gasteiger partial charge is 0.0991 e. The molecule has 0 atom stereocenters. The van der Waals surface area contributed by atoms with Gasteiger partial charge in [-0.3, -0.25) is 4.98 Å². The molecule has 0 bridgehead atoms. The topological polar surface area (TPSA) is 54.5 Å². The summed E-state index contributed by atoms with van der Waals surface area (Å²) in [6.07, 6.45) is 3.61. The highest BCUT2D eigenvalue weighted by molar-refractivity contribution is 6.27. The van der Waals surface area contributed by atoms with E-state index in [-0.39, 0.29) is 0 Å². The van der Waals surface area contributed by atoms with Crippen molar-refractivity contribution in [2.75, 3.05) is 0 Å². The molecule has 226 valence electrons. The first-order valence-corrected chi connectivity index (χ1v) is 16.4. The van der Waals surface area contributed by atoms with Gasteiger partial charge in [-0.15, -0.1) is 0 Å². The summed E-state index contributed by atoms with van der Waals surface area (Å²) >= 11 is 0. The molecule has 0 aliphatic heterocycles. The molecule has 0 fully saturated rings. The van der Waals surface area contributed by atoms with E-state index in [1.165, 1.54) is 37.9 Å². The van der Waals surface area contributed by atoms with Crippen molar-refractivity contribution in [1.82, 2.24) is 14.5 Å². The Labute approximate surface area is 282 Å². The van der Waals surface area contributed by atoms with Crippen LogP contribution in [0.4, 0.5) is 0 Å². The number of benzene rings is 7. The summed E-state index contributed by atoms with van der Waals surface area (Å²) in [4.78, 5) is 9.28. The summed E-state index contributed by atoms with van der Waals surface area (Å²) in [6.45, 7) is 0. The van der Waals surface area contributed by atoms with Crippen molar-refractivity contribution in [3.8, 4) is 45.4 Å². The zero-order valence-electron chi connectivity index (χ0n) is 26.3. The first kappa shape index (κ1) is 27.3. The van der Waals surface area contributed by atoms with Gasteiger partial charge in [0.25, 0.3) is 0 Å². The van der Waals surface area contributed by atoms with E-state index in [0.29, 0.717) is 5.56 Å². The van der Waals surface area contributed by atoms with E-state index in [0.717, 1.165) is 55.6 Å². The van der Waals surface area contributed by atoms with Crippen molar-refractivity contribution in [1.29, 1.82) is 5.26 Å². The molecule has 0 aliphatic rings. The fourth-order valence-corrected chi connectivity index (χ4v) is 7.66. The Bertz CT molecular complexity index is 2930. The van der Waals surface area contributed by atoms with Crippen LogP contribution in [0.25, 0.3) is 93.5 Å². The molecule has 0 unspecified atom stereocenters. The largest absolute Gasteiger partial charge is 0.309 e. The lowest BCUT2D eigenvalue weighted by Crippen LogP contribution is -1.93. The van der Waals surface area contributed by atoms with Crippen LogP contribution in [0, 0.1) is 11.3 Å². The molecule has 0 N–H and O–H groups in total. The lowest BCUT2D eigenvalue weighted by molar-refractivity contribution is 1.18. The number of pyridine rings is 2. The molecule has 0 spiro atoms. The van der Waals surface area contributed by atoms with E-state index in [2.05, 4.69) is 131 Å². The Hall–Kier alpha value is -6.83. The van der Waals surface area contributed by atoms with Crippen LogP contribution in [-0.4, -0.2) is 14.5 Å². The number of hydrogen-bond acceptors (Lipinski definition) is 3. The maximum atomic E-state index is 9.77. The van der Waals surface area contributed by atoms with E-state index in [4.69, 9.17) is 4.98 Å². The molecular formula is C45H26N4. The zero-order valence-corrected chi connectivity index (χ0v) is 26.3. The molecule has 0 aliphatic carbocycles. The van der Waals surface area contributed by atoms with Crippen LogP contribution in [0.1, 0.15) is 5.56 Å². The summed E-state index contributed by atoms with van der Waals surface area (Å²) in [6, 6.07) is 53.7. The monoisotopic (exact) mass is 622 g/mol. The van der Waals surface area contributed by atoms with Crippen molar-refractivity contribution in [3.05, 3.63) is 164 Å². The minimum Gasteiger partial charge on any atom is -0.309 e. The van der Waals surface area contributed by atoms with Crippen LogP contribution < -0.4 is 0 Å². The lowest BCUT2D eigenvalue weighted by Gasteiger charge is -2.16. The molecule has 3 heterocycles. The molecule has 0 saturated carbocycles. The minimum absolute atomic E-state index is 0.657. The standard InChI is InChI=1S/C45H26N4/c46-27-28-9-19-42-38(25-28)39-26-32(14-20-43(39)49(42)33-5-2-1-3-6-33)34-15-10-30-13-18-37-35(16-11-31-12-17-36(34)44(30)45(31)37)41-8-4-7-40(48-41)29-21-23-47-24-22-29/h1-26H. The molecule has 4 nitrogen and oxygen atoms in total. The van der Waals surface area contributed by atoms with Gasteiger partial charge in [0.1, 0.15) is 0 Å². The van der Waals surface area contributed by atoms with Gasteiger partial charge in [-0.25, -0.2) is 4.98 Å². The van der Waals surface area contributed by atoms with Crippen LogP contribution in [0.3, 0.4) is 0 Å². The van der Waals surface area contributed by atoms with E-state index in [1.807, 2.05) is 30.3 Å². The molecule has 49 heavy (non-hydrogen) atoms.